The molecule has 1 atom stereocenters. The van der Waals surface area contributed by atoms with Crippen molar-refractivity contribution in [3.63, 3.8) is 0 Å². The zero-order chi connectivity index (χ0) is 30.4. The van der Waals surface area contributed by atoms with Gasteiger partial charge in [-0.3, -0.25) is 0 Å². The van der Waals surface area contributed by atoms with E-state index >= 15 is 0 Å². The van der Waals surface area contributed by atoms with E-state index in [0.717, 1.165) is 23.3 Å². The molecule has 0 aliphatic heterocycles. The van der Waals surface area contributed by atoms with Gasteiger partial charge in [0, 0.05) is 23.9 Å². The number of halogens is 3. The summed E-state index contributed by atoms with van der Waals surface area (Å²) >= 11 is 0. The van der Waals surface area contributed by atoms with Crippen LogP contribution in [0.15, 0.2) is 91.1 Å². The second-order valence-electron chi connectivity index (χ2n) is 9.66. The van der Waals surface area contributed by atoms with Gasteiger partial charge in [0.1, 0.15) is 11.5 Å². The van der Waals surface area contributed by atoms with Crippen LogP contribution in [-0.2, 0) is 12.7 Å². The van der Waals surface area contributed by atoms with E-state index in [9.17, 15) is 13.2 Å². The average molecular weight is 587 g/mol. The lowest BCUT2D eigenvalue weighted by atomic mass is 10.0. The van der Waals surface area contributed by atoms with E-state index in [2.05, 4.69) is 25.8 Å². The molecule has 5 aromatic rings. The lowest BCUT2D eigenvalue weighted by molar-refractivity contribution is -0.137. The molecule has 2 aromatic heterocycles. The van der Waals surface area contributed by atoms with Crippen molar-refractivity contribution in [1.82, 2.24) is 20.2 Å². The van der Waals surface area contributed by atoms with Gasteiger partial charge in [0.25, 0.3) is 0 Å². The smallest absolute Gasteiger partial charge is 0.416 e. The molecule has 11 heteroatoms. The van der Waals surface area contributed by atoms with Gasteiger partial charge in [-0.1, -0.05) is 48.5 Å². The van der Waals surface area contributed by atoms with Crippen LogP contribution in [0.25, 0.3) is 22.5 Å². The van der Waals surface area contributed by atoms with Gasteiger partial charge in [0.15, 0.2) is 11.5 Å². The molecule has 0 bridgehead atoms. The van der Waals surface area contributed by atoms with Crippen LogP contribution in [0.3, 0.4) is 0 Å². The topological polar surface area (TPSA) is 94.1 Å². The highest BCUT2D eigenvalue weighted by Gasteiger charge is 2.31. The van der Waals surface area contributed by atoms with E-state index < -0.39 is 11.7 Å². The number of aromatic nitrogens is 4. The Morgan fingerprint density at radius 3 is 2.37 bits per heavy atom. The van der Waals surface area contributed by atoms with Crippen molar-refractivity contribution in [3.05, 3.63) is 108 Å². The van der Waals surface area contributed by atoms with Gasteiger partial charge in [-0.05, 0) is 54.4 Å². The maximum absolute atomic E-state index is 13.6. The Morgan fingerprint density at radius 1 is 0.837 bits per heavy atom. The highest BCUT2D eigenvalue weighted by molar-refractivity contribution is 5.80. The van der Waals surface area contributed by atoms with Crippen LogP contribution < -0.4 is 20.1 Å². The summed E-state index contributed by atoms with van der Waals surface area (Å²) in [6, 6.07) is 23.7. The fourth-order valence-corrected chi connectivity index (χ4v) is 4.51. The highest BCUT2D eigenvalue weighted by Crippen LogP contribution is 2.36. The van der Waals surface area contributed by atoms with E-state index in [4.69, 9.17) is 14.5 Å². The molecule has 220 valence electrons. The predicted octanol–water partition coefficient (Wildman–Crippen LogP) is 7.42. The summed E-state index contributed by atoms with van der Waals surface area (Å²) in [5.41, 5.74) is 2.63. The summed E-state index contributed by atoms with van der Waals surface area (Å²) < 4.78 is 51.4. The summed E-state index contributed by atoms with van der Waals surface area (Å²) in [5, 5.41) is 15.2. The molecular weight excluding hydrogens is 557 g/mol. The molecule has 0 amide bonds. The van der Waals surface area contributed by atoms with Crippen LogP contribution >= 0.6 is 0 Å². The first kappa shape index (κ1) is 29.3. The molecule has 0 fully saturated rings. The fraction of sp³-hybridized carbons (Fsp3) is 0.188. The number of hydrogen-bond donors (Lipinski definition) is 2. The van der Waals surface area contributed by atoms with Crippen LogP contribution in [0.2, 0.25) is 0 Å². The Labute approximate surface area is 247 Å². The van der Waals surface area contributed by atoms with Gasteiger partial charge >= 0.3 is 6.18 Å². The Hall–Kier alpha value is -5.19. The Bertz CT molecular complexity index is 1700. The minimum absolute atomic E-state index is 0.0892. The normalized spacial score (nSPS) is 12.0. The van der Waals surface area contributed by atoms with Crippen molar-refractivity contribution in [2.75, 3.05) is 24.9 Å². The summed E-state index contributed by atoms with van der Waals surface area (Å²) in [4.78, 5) is 9.06. The largest absolute Gasteiger partial charge is 0.493 e. The number of nitrogens with one attached hydrogen (secondary N) is 2. The summed E-state index contributed by atoms with van der Waals surface area (Å²) in [6.07, 6.45) is -2.92. The van der Waals surface area contributed by atoms with E-state index in [0.29, 0.717) is 41.1 Å². The molecule has 0 aliphatic rings. The Kier molecular flexibility index (Phi) is 8.70. The zero-order valence-corrected chi connectivity index (χ0v) is 23.7. The third-order valence-corrected chi connectivity index (χ3v) is 6.76. The van der Waals surface area contributed by atoms with Crippen molar-refractivity contribution < 1.29 is 22.6 Å². The molecule has 3 aromatic carbocycles. The second-order valence-corrected chi connectivity index (χ2v) is 9.66. The van der Waals surface area contributed by atoms with Crippen LogP contribution in [0.4, 0.5) is 24.9 Å². The highest BCUT2D eigenvalue weighted by atomic mass is 19.4. The van der Waals surface area contributed by atoms with Crippen molar-refractivity contribution in [1.29, 1.82) is 0 Å². The molecule has 0 unspecified atom stereocenters. The van der Waals surface area contributed by atoms with Gasteiger partial charge in [0.2, 0.25) is 5.95 Å². The number of anilines is 2. The van der Waals surface area contributed by atoms with Gasteiger partial charge < -0.3 is 20.1 Å². The van der Waals surface area contributed by atoms with Gasteiger partial charge in [-0.25, -0.2) is 9.97 Å². The molecule has 0 saturated heterocycles. The second kappa shape index (κ2) is 12.8. The number of rotatable bonds is 10. The monoisotopic (exact) mass is 586 g/mol. The third-order valence-electron chi connectivity index (χ3n) is 6.76. The van der Waals surface area contributed by atoms with Crippen molar-refractivity contribution in [3.8, 4) is 34.0 Å². The Morgan fingerprint density at radius 2 is 1.63 bits per heavy atom. The quantitative estimate of drug-likeness (QED) is 0.175. The van der Waals surface area contributed by atoms with Crippen LogP contribution in [0.5, 0.6) is 11.5 Å². The molecule has 0 aliphatic carbocycles. The predicted molar refractivity (Wildman–Crippen MR) is 159 cm³/mol. The zero-order valence-electron chi connectivity index (χ0n) is 23.7. The number of ether oxygens (including phenoxy) is 2. The summed E-state index contributed by atoms with van der Waals surface area (Å²) in [6.45, 7) is 2.37. The number of alkyl halides is 3. The minimum Gasteiger partial charge on any atom is -0.493 e. The van der Waals surface area contributed by atoms with Gasteiger partial charge in [-0.2, -0.15) is 13.2 Å². The molecule has 2 N–H and O–H groups in total. The maximum Gasteiger partial charge on any atom is 0.416 e. The summed E-state index contributed by atoms with van der Waals surface area (Å²) in [7, 11) is 3.13. The lowest BCUT2D eigenvalue weighted by Gasteiger charge is -2.16. The standard InChI is InChI=1S/C32H29F3N6O2/c1-20(22-8-5-4-6-9-22)38-31-36-15-14-26(39-31)25-18-29(37-19-21-12-13-27(42-2)28(16-21)43-3)40-41-30(25)23-10-7-11-24(17-23)32(33,34)35/h4-18,20H,19H2,1-3H3,(H,37,40)(H,36,38,39)/t20-/m0/s1. The van der Waals surface area contributed by atoms with E-state index in [1.165, 1.54) is 6.07 Å². The molecule has 5 rings (SSSR count). The first-order valence-electron chi connectivity index (χ1n) is 13.4. The number of nitrogens with zero attached hydrogens (tertiary/aromatic N) is 4. The van der Waals surface area contributed by atoms with Crippen LogP contribution in [0.1, 0.15) is 29.7 Å². The van der Waals surface area contributed by atoms with Gasteiger partial charge in [0.05, 0.1) is 31.5 Å². The van der Waals surface area contributed by atoms with Crippen LogP contribution in [-0.4, -0.2) is 34.4 Å². The molecule has 43 heavy (non-hydrogen) atoms. The van der Waals surface area contributed by atoms with Crippen molar-refractivity contribution in [2.45, 2.75) is 25.7 Å². The van der Waals surface area contributed by atoms with Crippen LogP contribution in [0, 0.1) is 0 Å². The SMILES string of the molecule is COc1ccc(CNc2cc(-c3ccnc(N[C@@H](C)c4ccccc4)n3)c(-c3cccc(C(F)(F)F)c3)nn2)cc1OC. The van der Waals surface area contributed by atoms with E-state index in [1.807, 2.05) is 49.4 Å². The number of benzene rings is 3. The number of hydrogen-bond acceptors (Lipinski definition) is 8. The average Bonchev–Trinajstić information content (AvgIpc) is 3.03. The number of methoxy groups -OCH3 is 2. The van der Waals surface area contributed by atoms with Crippen molar-refractivity contribution in [2.24, 2.45) is 0 Å². The van der Waals surface area contributed by atoms with E-state index in [-0.39, 0.29) is 17.3 Å². The first-order chi connectivity index (χ1) is 20.7. The molecule has 0 spiro atoms. The van der Waals surface area contributed by atoms with Gasteiger partial charge in [-0.15, -0.1) is 10.2 Å². The van der Waals surface area contributed by atoms with E-state index in [1.54, 1.807) is 44.7 Å². The molecule has 0 saturated carbocycles. The Balaban J connectivity index is 1.50. The fourth-order valence-electron chi connectivity index (χ4n) is 4.51. The summed E-state index contributed by atoms with van der Waals surface area (Å²) in [5.74, 6) is 1.96. The lowest BCUT2D eigenvalue weighted by Crippen LogP contribution is -2.10. The minimum atomic E-state index is -4.51. The molecular formula is C32H29F3N6O2. The maximum atomic E-state index is 13.6. The molecule has 8 nitrogen and oxygen atoms in total. The molecule has 0 radical (unpaired) electrons. The van der Waals surface area contributed by atoms with Crippen molar-refractivity contribution >= 4 is 11.8 Å². The molecule has 2 heterocycles. The first-order valence-corrected chi connectivity index (χ1v) is 13.4. The third kappa shape index (κ3) is 7.00.